The summed E-state index contributed by atoms with van der Waals surface area (Å²) in [6.45, 7) is 10.3. The Hall–Kier alpha value is -0.570. The molecule has 2 fully saturated rings. The molecule has 0 aromatic carbocycles. The van der Waals surface area contributed by atoms with Crippen LogP contribution in [0.25, 0.3) is 0 Å². The van der Waals surface area contributed by atoms with E-state index in [1.54, 1.807) is 0 Å². The standard InChI is InChI=1S/C12H22N2O/c1-9-6-14(7-10(9)2)11(15)12(3)4-5-13-8-12/h9-10,13H,4-8H2,1-3H3. The number of nitrogens with one attached hydrogen (secondary N) is 1. The highest BCUT2D eigenvalue weighted by Gasteiger charge is 2.41. The van der Waals surface area contributed by atoms with E-state index in [1.807, 2.05) is 0 Å². The molecule has 0 bridgehead atoms. The lowest BCUT2D eigenvalue weighted by Gasteiger charge is -2.28. The zero-order valence-electron chi connectivity index (χ0n) is 10.0. The van der Waals surface area contributed by atoms with E-state index in [0.29, 0.717) is 17.7 Å². The predicted molar refractivity (Wildman–Crippen MR) is 60.5 cm³/mol. The maximum absolute atomic E-state index is 12.3. The fraction of sp³-hybridized carbons (Fsp3) is 0.917. The van der Waals surface area contributed by atoms with Crippen molar-refractivity contribution in [2.45, 2.75) is 27.2 Å². The fourth-order valence-electron chi connectivity index (χ4n) is 2.68. The minimum Gasteiger partial charge on any atom is -0.342 e. The molecule has 0 aromatic rings. The molecule has 1 amide bonds. The van der Waals surface area contributed by atoms with Gasteiger partial charge in [-0.15, -0.1) is 0 Å². The van der Waals surface area contributed by atoms with E-state index >= 15 is 0 Å². The van der Waals surface area contributed by atoms with Crippen molar-refractivity contribution in [1.82, 2.24) is 10.2 Å². The Bertz CT molecular complexity index is 248. The molecule has 3 atom stereocenters. The van der Waals surface area contributed by atoms with Crippen molar-refractivity contribution in [3.8, 4) is 0 Å². The molecule has 2 aliphatic heterocycles. The summed E-state index contributed by atoms with van der Waals surface area (Å²) in [6, 6.07) is 0. The van der Waals surface area contributed by atoms with Crippen LogP contribution in [0.15, 0.2) is 0 Å². The van der Waals surface area contributed by atoms with Gasteiger partial charge in [-0.25, -0.2) is 0 Å². The lowest BCUT2D eigenvalue weighted by molar-refractivity contribution is -0.139. The van der Waals surface area contributed by atoms with Crippen LogP contribution in [0.2, 0.25) is 0 Å². The fourth-order valence-corrected chi connectivity index (χ4v) is 2.68. The zero-order valence-corrected chi connectivity index (χ0v) is 10.0. The molecule has 0 saturated carbocycles. The molecule has 2 saturated heterocycles. The lowest BCUT2D eigenvalue weighted by atomic mass is 9.88. The zero-order chi connectivity index (χ0) is 11.1. The Labute approximate surface area is 92.2 Å². The molecule has 0 radical (unpaired) electrons. The molecule has 3 unspecified atom stereocenters. The average Bonchev–Trinajstić information content (AvgIpc) is 2.75. The van der Waals surface area contributed by atoms with Crippen LogP contribution in [0.5, 0.6) is 0 Å². The van der Waals surface area contributed by atoms with Crippen molar-refractivity contribution in [2.75, 3.05) is 26.2 Å². The van der Waals surface area contributed by atoms with Crippen LogP contribution in [0.3, 0.4) is 0 Å². The number of hydrogen-bond donors (Lipinski definition) is 1. The number of amides is 1. The first-order valence-corrected chi connectivity index (χ1v) is 6.03. The SMILES string of the molecule is CC1CN(C(=O)C2(C)CCNC2)CC1C. The highest BCUT2D eigenvalue weighted by molar-refractivity contribution is 5.83. The van der Waals surface area contributed by atoms with Gasteiger partial charge in [0.2, 0.25) is 5.91 Å². The van der Waals surface area contributed by atoms with Crippen LogP contribution in [-0.4, -0.2) is 37.0 Å². The minimum absolute atomic E-state index is 0.135. The third-order valence-corrected chi connectivity index (χ3v) is 4.16. The van der Waals surface area contributed by atoms with Crippen LogP contribution < -0.4 is 5.32 Å². The van der Waals surface area contributed by atoms with Crippen molar-refractivity contribution in [1.29, 1.82) is 0 Å². The van der Waals surface area contributed by atoms with Gasteiger partial charge in [0.25, 0.3) is 0 Å². The highest BCUT2D eigenvalue weighted by atomic mass is 16.2. The van der Waals surface area contributed by atoms with Gasteiger partial charge in [-0.3, -0.25) is 4.79 Å². The van der Waals surface area contributed by atoms with Gasteiger partial charge in [0.15, 0.2) is 0 Å². The van der Waals surface area contributed by atoms with Gasteiger partial charge in [0.1, 0.15) is 0 Å². The summed E-state index contributed by atoms with van der Waals surface area (Å²) in [7, 11) is 0. The Kier molecular flexibility index (Phi) is 2.75. The van der Waals surface area contributed by atoms with Crippen LogP contribution in [-0.2, 0) is 4.79 Å². The minimum atomic E-state index is -0.135. The maximum Gasteiger partial charge on any atom is 0.229 e. The van der Waals surface area contributed by atoms with Gasteiger partial charge in [0.05, 0.1) is 5.41 Å². The second-order valence-electron chi connectivity index (χ2n) is 5.65. The molecule has 1 N–H and O–H groups in total. The Morgan fingerprint density at radius 1 is 1.33 bits per heavy atom. The summed E-state index contributed by atoms with van der Waals surface area (Å²) < 4.78 is 0. The highest BCUT2D eigenvalue weighted by Crippen LogP contribution is 2.31. The van der Waals surface area contributed by atoms with Gasteiger partial charge in [-0.2, -0.15) is 0 Å². The van der Waals surface area contributed by atoms with Crippen molar-refractivity contribution < 1.29 is 4.79 Å². The normalized spacial score (nSPS) is 41.1. The first-order chi connectivity index (χ1) is 7.03. The van der Waals surface area contributed by atoms with E-state index in [4.69, 9.17) is 0 Å². The first kappa shape index (κ1) is 10.9. The van der Waals surface area contributed by atoms with Crippen molar-refractivity contribution in [2.24, 2.45) is 17.3 Å². The quantitative estimate of drug-likeness (QED) is 0.703. The van der Waals surface area contributed by atoms with E-state index in [1.165, 1.54) is 0 Å². The maximum atomic E-state index is 12.3. The average molecular weight is 210 g/mol. The van der Waals surface area contributed by atoms with E-state index in [9.17, 15) is 4.79 Å². The van der Waals surface area contributed by atoms with Gasteiger partial charge in [-0.1, -0.05) is 13.8 Å². The number of carbonyl (C=O) groups is 1. The molecule has 0 aromatic heterocycles. The van der Waals surface area contributed by atoms with Gasteiger partial charge >= 0.3 is 0 Å². The van der Waals surface area contributed by atoms with E-state index in [0.717, 1.165) is 32.6 Å². The van der Waals surface area contributed by atoms with Crippen LogP contribution in [0, 0.1) is 17.3 Å². The molecule has 0 spiro atoms. The van der Waals surface area contributed by atoms with Crippen molar-refractivity contribution >= 4 is 5.91 Å². The molecule has 2 rings (SSSR count). The molecular weight excluding hydrogens is 188 g/mol. The summed E-state index contributed by atoms with van der Waals surface area (Å²) in [6.07, 6.45) is 0.991. The number of nitrogens with zero attached hydrogens (tertiary/aromatic N) is 1. The number of rotatable bonds is 1. The first-order valence-electron chi connectivity index (χ1n) is 6.03. The molecule has 86 valence electrons. The van der Waals surface area contributed by atoms with Crippen LogP contribution in [0.1, 0.15) is 27.2 Å². The van der Waals surface area contributed by atoms with Crippen LogP contribution >= 0.6 is 0 Å². The molecule has 2 aliphatic rings. The summed E-state index contributed by atoms with van der Waals surface area (Å²) in [4.78, 5) is 14.4. The Morgan fingerprint density at radius 2 is 1.93 bits per heavy atom. The van der Waals surface area contributed by atoms with Gasteiger partial charge < -0.3 is 10.2 Å². The molecule has 3 nitrogen and oxygen atoms in total. The van der Waals surface area contributed by atoms with Crippen molar-refractivity contribution in [3.63, 3.8) is 0 Å². The monoisotopic (exact) mass is 210 g/mol. The van der Waals surface area contributed by atoms with Gasteiger partial charge in [-0.05, 0) is 31.7 Å². The van der Waals surface area contributed by atoms with Gasteiger partial charge in [0, 0.05) is 19.6 Å². The molecule has 0 aliphatic carbocycles. The second kappa shape index (κ2) is 3.78. The number of hydrogen-bond acceptors (Lipinski definition) is 2. The smallest absolute Gasteiger partial charge is 0.229 e. The number of carbonyl (C=O) groups excluding carboxylic acids is 1. The van der Waals surface area contributed by atoms with Crippen LogP contribution in [0.4, 0.5) is 0 Å². The summed E-state index contributed by atoms with van der Waals surface area (Å²) in [5.41, 5.74) is -0.135. The Morgan fingerprint density at radius 3 is 2.40 bits per heavy atom. The third-order valence-electron chi connectivity index (χ3n) is 4.16. The van der Waals surface area contributed by atoms with E-state index in [-0.39, 0.29) is 5.41 Å². The van der Waals surface area contributed by atoms with E-state index in [2.05, 4.69) is 31.0 Å². The molecule has 3 heteroatoms. The van der Waals surface area contributed by atoms with Crippen molar-refractivity contribution in [3.05, 3.63) is 0 Å². The summed E-state index contributed by atoms with van der Waals surface area (Å²) in [5, 5.41) is 3.29. The second-order valence-corrected chi connectivity index (χ2v) is 5.65. The van der Waals surface area contributed by atoms with E-state index < -0.39 is 0 Å². The molecule has 15 heavy (non-hydrogen) atoms. The molecule has 2 heterocycles. The lowest BCUT2D eigenvalue weighted by Crippen LogP contribution is -2.42. The predicted octanol–water partition coefficient (Wildman–Crippen LogP) is 1.10. The Balaban J connectivity index is 2.02. The topological polar surface area (TPSA) is 32.3 Å². The third kappa shape index (κ3) is 1.89. The largest absolute Gasteiger partial charge is 0.342 e. The number of likely N-dealkylation sites (tertiary alicyclic amines) is 1. The molecular formula is C12H22N2O. The summed E-state index contributed by atoms with van der Waals surface area (Å²) in [5.74, 6) is 1.68. The summed E-state index contributed by atoms with van der Waals surface area (Å²) >= 11 is 0.